The van der Waals surface area contributed by atoms with E-state index in [1.165, 1.54) is 0 Å². The van der Waals surface area contributed by atoms with Crippen molar-refractivity contribution in [2.45, 2.75) is 19.1 Å². The molecular formula is C17H17ClN2O2. The van der Waals surface area contributed by atoms with E-state index in [1.807, 2.05) is 30.3 Å². The van der Waals surface area contributed by atoms with Crippen LogP contribution in [0.4, 0.5) is 0 Å². The van der Waals surface area contributed by atoms with Crippen molar-refractivity contribution in [3.63, 3.8) is 0 Å². The number of benzene rings is 1. The van der Waals surface area contributed by atoms with Crippen LogP contribution in [0.2, 0.25) is 0 Å². The van der Waals surface area contributed by atoms with Crippen LogP contribution >= 0.6 is 11.6 Å². The lowest BCUT2D eigenvalue weighted by Gasteiger charge is -2.23. The molecule has 22 heavy (non-hydrogen) atoms. The maximum Gasteiger partial charge on any atom is 0.259 e. The first-order valence-corrected chi connectivity index (χ1v) is 7.82. The second-order valence-corrected chi connectivity index (χ2v) is 5.62. The van der Waals surface area contributed by atoms with Crippen molar-refractivity contribution in [1.82, 2.24) is 9.88 Å². The van der Waals surface area contributed by atoms with Crippen LogP contribution in [-0.2, 0) is 6.54 Å². The van der Waals surface area contributed by atoms with Crippen LogP contribution in [0.3, 0.4) is 0 Å². The van der Waals surface area contributed by atoms with E-state index >= 15 is 0 Å². The van der Waals surface area contributed by atoms with Crippen LogP contribution < -0.4 is 4.74 Å². The van der Waals surface area contributed by atoms with Gasteiger partial charge < -0.3 is 9.64 Å². The van der Waals surface area contributed by atoms with Crippen molar-refractivity contribution in [1.29, 1.82) is 0 Å². The van der Waals surface area contributed by atoms with Crippen LogP contribution in [0.15, 0.2) is 48.7 Å². The van der Waals surface area contributed by atoms with E-state index in [4.69, 9.17) is 16.3 Å². The molecule has 1 aromatic heterocycles. The third-order valence-corrected chi connectivity index (χ3v) is 3.86. The fourth-order valence-corrected chi connectivity index (χ4v) is 2.80. The Labute approximate surface area is 134 Å². The number of carbonyl (C=O) groups excluding carboxylic acids is 1. The molecule has 1 unspecified atom stereocenters. The summed E-state index contributed by atoms with van der Waals surface area (Å²) in [6.45, 7) is 1.06. The lowest BCUT2D eigenvalue weighted by atomic mass is 10.1. The highest BCUT2D eigenvalue weighted by atomic mass is 35.5. The quantitative estimate of drug-likeness (QED) is 0.814. The zero-order valence-electron chi connectivity index (χ0n) is 12.1. The molecule has 1 aromatic carbocycles. The minimum absolute atomic E-state index is 0.0518. The minimum atomic E-state index is -0.138. The van der Waals surface area contributed by atoms with Gasteiger partial charge >= 0.3 is 0 Å². The van der Waals surface area contributed by atoms with Gasteiger partial charge in [0.15, 0.2) is 0 Å². The van der Waals surface area contributed by atoms with Gasteiger partial charge in [-0.1, -0.05) is 30.3 Å². The standard InChI is InChI=1S/C17H17ClN2O2/c18-9-8-14-12-20(11-13-5-2-1-3-6-13)17(21)15-7-4-10-19-16(15)22-14/h1-7,10,14H,8-9,11-12H2. The van der Waals surface area contributed by atoms with Crippen LogP contribution in [0.5, 0.6) is 5.88 Å². The number of pyridine rings is 1. The third kappa shape index (κ3) is 3.22. The van der Waals surface area contributed by atoms with Gasteiger partial charge in [0.2, 0.25) is 5.88 Å². The molecule has 1 aliphatic rings. The average Bonchev–Trinajstić information content (AvgIpc) is 2.67. The van der Waals surface area contributed by atoms with Crippen LogP contribution in [0, 0.1) is 0 Å². The smallest absolute Gasteiger partial charge is 0.259 e. The Morgan fingerprint density at radius 2 is 2.05 bits per heavy atom. The number of alkyl halides is 1. The largest absolute Gasteiger partial charge is 0.472 e. The lowest BCUT2D eigenvalue weighted by Crippen LogP contribution is -2.36. The Hall–Kier alpha value is -2.07. The summed E-state index contributed by atoms with van der Waals surface area (Å²) in [5, 5.41) is 0. The summed E-state index contributed by atoms with van der Waals surface area (Å²) >= 11 is 5.86. The number of fused-ring (bicyclic) bond motifs is 1. The van der Waals surface area contributed by atoms with E-state index in [1.54, 1.807) is 23.2 Å². The molecular weight excluding hydrogens is 300 g/mol. The first-order valence-electron chi connectivity index (χ1n) is 7.29. The fraction of sp³-hybridized carbons (Fsp3) is 0.294. The fourth-order valence-electron chi connectivity index (χ4n) is 2.55. The van der Waals surface area contributed by atoms with Crippen molar-refractivity contribution in [3.05, 3.63) is 59.8 Å². The van der Waals surface area contributed by atoms with Gasteiger partial charge in [0.25, 0.3) is 5.91 Å². The number of ether oxygens (including phenoxy) is 1. The van der Waals surface area contributed by atoms with E-state index in [9.17, 15) is 4.79 Å². The second-order valence-electron chi connectivity index (χ2n) is 5.24. The number of aromatic nitrogens is 1. The zero-order chi connectivity index (χ0) is 15.4. The second kappa shape index (κ2) is 6.79. The van der Waals surface area contributed by atoms with Gasteiger partial charge in [0.1, 0.15) is 11.7 Å². The van der Waals surface area contributed by atoms with Crippen molar-refractivity contribution >= 4 is 17.5 Å². The molecule has 0 spiro atoms. The molecule has 0 radical (unpaired) electrons. The number of carbonyl (C=O) groups is 1. The molecule has 4 nitrogen and oxygen atoms in total. The molecule has 0 bridgehead atoms. The van der Waals surface area contributed by atoms with Gasteiger partial charge in [-0.25, -0.2) is 4.98 Å². The molecule has 2 aromatic rings. The van der Waals surface area contributed by atoms with Crippen molar-refractivity contribution < 1.29 is 9.53 Å². The molecule has 0 fully saturated rings. The summed E-state index contributed by atoms with van der Waals surface area (Å²) < 4.78 is 5.88. The first-order chi connectivity index (χ1) is 10.8. The number of hydrogen-bond acceptors (Lipinski definition) is 3. The Morgan fingerprint density at radius 3 is 2.82 bits per heavy atom. The first kappa shape index (κ1) is 14.9. The van der Waals surface area contributed by atoms with E-state index < -0.39 is 0 Å². The summed E-state index contributed by atoms with van der Waals surface area (Å²) in [4.78, 5) is 18.8. The molecule has 5 heteroatoms. The average molecular weight is 317 g/mol. The predicted octanol–water partition coefficient (Wildman–Crippen LogP) is 3.11. The highest BCUT2D eigenvalue weighted by Gasteiger charge is 2.29. The molecule has 1 aliphatic heterocycles. The van der Waals surface area contributed by atoms with Gasteiger partial charge in [-0.2, -0.15) is 0 Å². The number of rotatable bonds is 4. The lowest BCUT2D eigenvalue weighted by molar-refractivity contribution is 0.0691. The Morgan fingerprint density at radius 1 is 1.23 bits per heavy atom. The van der Waals surface area contributed by atoms with Crippen molar-refractivity contribution in [2.75, 3.05) is 12.4 Å². The summed E-state index contributed by atoms with van der Waals surface area (Å²) in [5.74, 6) is 0.836. The molecule has 1 amide bonds. The maximum absolute atomic E-state index is 12.8. The Bertz CT molecular complexity index is 648. The monoisotopic (exact) mass is 316 g/mol. The zero-order valence-corrected chi connectivity index (χ0v) is 12.9. The number of halogens is 1. The Kier molecular flexibility index (Phi) is 4.59. The molecule has 3 rings (SSSR count). The SMILES string of the molecule is O=C1c2cccnc2OC(CCCl)CN1Cc1ccccc1. The van der Waals surface area contributed by atoms with E-state index in [-0.39, 0.29) is 12.0 Å². The minimum Gasteiger partial charge on any atom is -0.472 e. The summed E-state index contributed by atoms with van der Waals surface area (Å²) in [6.07, 6.45) is 2.17. The van der Waals surface area contributed by atoms with E-state index in [0.29, 0.717) is 36.8 Å². The molecule has 0 aliphatic carbocycles. The number of hydrogen-bond donors (Lipinski definition) is 0. The molecule has 0 saturated carbocycles. The molecule has 0 saturated heterocycles. The normalized spacial score (nSPS) is 17.6. The summed E-state index contributed by atoms with van der Waals surface area (Å²) in [7, 11) is 0. The topological polar surface area (TPSA) is 42.4 Å². The molecule has 2 heterocycles. The van der Waals surface area contributed by atoms with Gasteiger partial charge in [0.05, 0.1) is 6.54 Å². The summed E-state index contributed by atoms with van der Waals surface area (Å²) in [6, 6.07) is 13.4. The van der Waals surface area contributed by atoms with Crippen LogP contribution in [0.1, 0.15) is 22.3 Å². The van der Waals surface area contributed by atoms with Gasteiger partial charge in [-0.15, -0.1) is 11.6 Å². The third-order valence-electron chi connectivity index (χ3n) is 3.64. The number of amides is 1. The van der Waals surface area contributed by atoms with Crippen molar-refractivity contribution in [2.24, 2.45) is 0 Å². The van der Waals surface area contributed by atoms with E-state index in [2.05, 4.69) is 4.98 Å². The Balaban J connectivity index is 1.90. The summed E-state index contributed by atoms with van der Waals surface area (Å²) in [5.41, 5.74) is 1.60. The molecule has 0 N–H and O–H groups in total. The maximum atomic E-state index is 12.8. The highest BCUT2D eigenvalue weighted by Crippen LogP contribution is 2.24. The predicted molar refractivity (Wildman–Crippen MR) is 85.2 cm³/mol. The molecule has 1 atom stereocenters. The van der Waals surface area contributed by atoms with Gasteiger partial charge in [-0.3, -0.25) is 4.79 Å². The van der Waals surface area contributed by atoms with Crippen LogP contribution in [-0.4, -0.2) is 34.3 Å². The van der Waals surface area contributed by atoms with E-state index in [0.717, 1.165) is 5.56 Å². The number of nitrogens with zero attached hydrogens (tertiary/aromatic N) is 2. The van der Waals surface area contributed by atoms with Crippen molar-refractivity contribution in [3.8, 4) is 5.88 Å². The van der Waals surface area contributed by atoms with Gasteiger partial charge in [-0.05, 0) is 24.1 Å². The van der Waals surface area contributed by atoms with Crippen LogP contribution in [0.25, 0.3) is 0 Å². The molecule has 114 valence electrons. The van der Waals surface area contributed by atoms with Gasteiger partial charge in [0, 0.05) is 18.6 Å². The highest BCUT2D eigenvalue weighted by molar-refractivity contribution is 6.17.